The Balaban J connectivity index is 1.95. The van der Waals surface area contributed by atoms with E-state index in [1.54, 1.807) is 17.3 Å². The summed E-state index contributed by atoms with van der Waals surface area (Å²) in [5.74, 6) is 1.08. The Hall–Kier alpha value is -1.36. The number of H-pyrrole nitrogens is 1. The number of carbonyl (C=O) groups is 1. The molecule has 1 aliphatic rings. The van der Waals surface area contributed by atoms with Gasteiger partial charge in [0.2, 0.25) is 5.91 Å². The molecule has 0 aliphatic heterocycles. The van der Waals surface area contributed by atoms with Crippen molar-refractivity contribution in [3.05, 3.63) is 18.2 Å². The lowest BCUT2D eigenvalue weighted by Gasteiger charge is -2.30. The van der Waals surface area contributed by atoms with Crippen LogP contribution < -0.4 is 0 Å². The van der Waals surface area contributed by atoms with Gasteiger partial charge in [-0.3, -0.25) is 4.79 Å². The van der Waals surface area contributed by atoms with Gasteiger partial charge in [0.25, 0.3) is 0 Å². The number of imidazole rings is 1. The van der Waals surface area contributed by atoms with E-state index >= 15 is 0 Å². The number of hydrogen-bond acceptors (Lipinski definition) is 3. The lowest BCUT2D eigenvalue weighted by molar-refractivity contribution is -0.139. The Kier molecular flexibility index (Phi) is 3.56. The molecule has 0 spiro atoms. The van der Waals surface area contributed by atoms with E-state index in [0.717, 1.165) is 25.1 Å². The van der Waals surface area contributed by atoms with Crippen LogP contribution in [0.2, 0.25) is 0 Å². The van der Waals surface area contributed by atoms with Crippen LogP contribution in [0, 0.1) is 5.92 Å². The zero-order valence-corrected chi connectivity index (χ0v) is 9.22. The number of nitrogens with one attached hydrogen (secondary N) is 1. The summed E-state index contributed by atoms with van der Waals surface area (Å²) in [4.78, 5) is 20.8. The van der Waals surface area contributed by atoms with Crippen molar-refractivity contribution in [2.24, 2.45) is 5.92 Å². The average Bonchev–Trinajstić information content (AvgIpc) is 2.67. The number of hydrogen-bond donors (Lipinski definition) is 2. The van der Waals surface area contributed by atoms with Crippen molar-refractivity contribution in [2.45, 2.75) is 25.8 Å². The van der Waals surface area contributed by atoms with Crippen LogP contribution in [0.5, 0.6) is 0 Å². The molecule has 1 saturated carbocycles. The molecule has 2 rings (SSSR count). The highest BCUT2D eigenvalue weighted by Crippen LogP contribution is 2.28. The molecule has 5 nitrogen and oxygen atoms in total. The largest absolute Gasteiger partial charge is 0.395 e. The van der Waals surface area contributed by atoms with Crippen LogP contribution in [0.1, 0.15) is 25.1 Å². The number of aromatic nitrogens is 2. The van der Waals surface area contributed by atoms with Crippen LogP contribution in [0.25, 0.3) is 0 Å². The number of aliphatic hydroxyl groups excluding tert-OH is 1. The maximum Gasteiger partial charge on any atom is 0.226 e. The number of carbonyl (C=O) groups excluding carboxylic acids is 1. The number of nitrogens with zero attached hydrogens (tertiary/aromatic N) is 2. The van der Waals surface area contributed by atoms with Gasteiger partial charge in [-0.05, 0) is 12.8 Å². The molecule has 0 unspecified atom stereocenters. The Bertz CT molecular complexity index is 333. The first-order valence-corrected chi connectivity index (χ1v) is 5.69. The number of aliphatic hydroxyl groups is 1. The van der Waals surface area contributed by atoms with Gasteiger partial charge >= 0.3 is 0 Å². The van der Waals surface area contributed by atoms with Gasteiger partial charge in [0.05, 0.1) is 13.2 Å². The Labute approximate surface area is 94.5 Å². The third kappa shape index (κ3) is 2.41. The molecule has 0 aromatic carbocycles. The van der Waals surface area contributed by atoms with Crippen molar-refractivity contribution in [2.75, 3.05) is 13.2 Å². The van der Waals surface area contributed by atoms with E-state index in [-0.39, 0.29) is 18.4 Å². The molecule has 0 radical (unpaired) electrons. The van der Waals surface area contributed by atoms with Crippen LogP contribution in [0.15, 0.2) is 12.4 Å². The fourth-order valence-electron chi connectivity index (χ4n) is 1.87. The number of rotatable bonds is 5. The molecule has 1 aromatic heterocycles. The molecule has 1 aromatic rings. The van der Waals surface area contributed by atoms with Crippen LogP contribution in [-0.4, -0.2) is 39.0 Å². The molecule has 5 heteroatoms. The predicted molar refractivity (Wildman–Crippen MR) is 58.4 cm³/mol. The molecule has 1 heterocycles. The highest BCUT2D eigenvalue weighted by Gasteiger charge is 2.29. The van der Waals surface area contributed by atoms with Crippen molar-refractivity contribution in [3.8, 4) is 0 Å². The van der Waals surface area contributed by atoms with E-state index in [2.05, 4.69) is 9.97 Å². The normalized spacial score (nSPS) is 15.8. The van der Waals surface area contributed by atoms with E-state index in [4.69, 9.17) is 5.11 Å². The molecule has 0 atom stereocenters. The first-order valence-electron chi connectivity index (χ1n) is 5.69. The molecule has 1 amide bonds. The maximum atomic E-state index is 12.0. The smallest absolute Gasteiger partial charge is 0.226 e. The van der Waals surface area contributed by atoms with Crippen LogP contribution >= 0.6 is 0 Å². The highest BCUT2D eigenvalue weighted by atomic mass is 16.3. The molecular weight excluding hydrogens is 206 g/mol. The molecule has 16 heavy (non-hydrogen) atoms. The zero-order valence-electron chi connectivity index (χ0n) is 9.22. The summed E-state index contributed by atoms with van der Waals surface area (Å²) < 4.78 is 0. The molecular formula is C11H17N3O2. The Morgan fingerprint density at radius 1 is 1.62 bits per heavy atom. The third-order valence-electron chi connectivity index (χ3n) is 3.03. The second-order valence-corrected chi connectivity index (χ2v) is 4.15. The number of amides is 1. The summed E-state index contributed by atoms with van der Waals surface area (Å²) in [7, 11) is 0. The van der Waals surface area contributed by atoms with E-state index in [0.29, 0.717) is 13.1 Å². The monoisotopic (exact) mass is 223 g/mol. The summed E-state index contributed by atoms with van der Waals surface area (Å²) in [6.45, 7) is 0.845. The predicted octanol–water partition coefficient (Wildman–Crippen LogP) is 0.531. The maximum absolute atomic E-state index is 12.0. The second kappa shape index (κ2) is 5.12. The molecule has 0 saturated heterocycles. The topological polar surface area (TPSA) is 69.2 Å². The first kappa shape index (κ1) is 11.1. The fraction of sp³-hybridized carbons (Fsp3) is 0.636. The zero-order chi connectivity index (χ0) is 11.4. The first-order chi connectivity index (χ1) is 7.81. The summed E-state index contributed by atoms with van der Waals surface area (Å²) in [5, 5.41) is 8.96. The third-order valence-corrected chi connectivity index (χ3v) is 3.03. The standard InChI is InChI=1S/C11H17N3O2/c15-7-6-14(8-10-12-4-5-13-10)11(16)9-2-1-3-9/h4-5,9,15H,1-3,6-8H2,(H,12,13). The van der Waals surface area contributed by atoms with Gasteiger partial charge in [-0.15, -0.1) is 0 Å². The van der Waals surface area contributed by atoms with Gasteiger partial charge < -0.3 is 15.0 Å². The van der Waals surface area contributed by atoms with E-state index in [1.165, 1.54) is 0 Å². The lowest BCUT2D eigenvalue weighted by atomic mass is 9.84. The Morgan fingerprint density at radius 2 is 2.44 bits per heavy atom. The summed E-state index contributed by atoms with van der Waals surface area (Å²) >= 11 is 0. The van der Waals surface area contributed by atoms with Gasteiger partial charge in [-0.1, -0.05) is 6.42 Å². The van der Waals surface area contributed by atoms with Crippen molar-refractivity contribution in [3.63, 3.8) is 0 Å². The molecule has 88 valence electrons. The van der Waals surface area contributed by atoms with Crippen LogP contribution in [-0.2, 0) is 11.3 Å². The molecule has 1 aliphatic carbocycles. The minimum atomic E-state index is -0.000825. The highest BCUT2D eigenvalue weighted by molar-refractivity contribution is 5.79. The minimum Gasteiger partial charge on any atom is -0.395 e. The fourth-order valence-corrected chi connectivity index (χ4v) is 1.87. The summed E-state index contributed by atoms with van der Waals surface area (Å²) in [5.41, 5.74) is 0. The Morgan fingerprint density at radius 3 is 2.94 bits per heavy atom. The van der Waals surface area contributed by atoms with Crippen molar-refractivity contribution >= 4 is 5.91 Å². The number of aromatic amines is 1. The lowest BCUT2D eigenvalue weighted by Crippen LogP contribution is -2.40. The van der Waals surface area contributed by atoms with E-state index < -0.39 is 0 Å². The molecule has 0 bridgehead atoms. The van der Waals surface area contributed by atoms with Gasteiger partial charge in [0.15, 0.2) is 0 Å². The summed E-state index contributed by atoms with van der Waals surface area (Å²) in [6.07, 6.45) is 6.52. The van der Waals surface area contributed by atoms with Gasteiger partial charge in [0, 0.05) is 24.9 Å². The van der Waals surface area contributed by atoms with Crippen LogP contribution in [0.4, 0.5) is 0 Å². The van der Waals surface area contributed by atoms with Crippen LogP contribution in [0.3, 0.4) is 0 Å². The quantitative estimate of drug-likeness (QED) is 0.765. The van der Waals surface area contributed by atoms with Crippen molar-refractivity contribution < 1.29 is 9.90 Å². The molecule has 1 fully saturated rings. The minimum absolute atomic E-state index is 0.000825. The molecule has 2 N–H and O–H groups in total. The SMILES string of the molecule is O=C(C1CCC1)N(CCO)Cc1ncc[nH]1. The van der Waals surface area contributed by atoms with Gasteiger partial charge in [-0.25, -0.2) is 4.98 Å². The van der Waals surface area contributed by atoms with Gasteiger partial charge in [-0.2, -0.15) is 0 Å². The van der Waals surface area contributed by atoms with Gasteiger partial charge in [0.1, 0.15) is 5.82 Å². The van der Waals surface area contributed by atoms with E-state index in [9.17, 15) is 4.79 Å². The average molecular weight is 223 g/mol. The van der Waals surface area contributed by atoms with Crippen molar-refractivity contribution in [1.29, 1.82) is 0 Å². The second-order valence-electron chi connectivity index (χ2n) is 4.15. The van der Waals surface area contributed by atoms with E-state index in [1.807, 2.05) is 0 Å². The van der Waals surface area contributed by atoms with Crippen molar-refractivity contribution in [1.82, 2.24) is 14.9 Å². The summed E-state index contributed by atoms with van der Waals surface area (Å²) in [6, 6.07) is 0.